The zero-order chi connectivity index (χ0) is 20.6. The highest BCUT2D eigenvalue weighted by molar-refractivity contribution is 6.27. The summed E-state index contributed by atoms with van der Waals surface area (Å²) in [4.78, 5) is 29.2. The molecule has 1 aliphatic rings. The van der Waals surface area contributed by atoms with Crippen molar-refractivity contribution in [3.05, 3.63) is 75.4 Å². The van der Waals surface area contributed by atoms with Gasteiger partial charge in [0.2, 0.25) is 0 Å². The molecule has 2 aromatic rings. The van der Waals surface area contributed by atoms with Crippen molar-refractivity contribution in [2.24, 2.45) is 0 Å². The number of rotatable bonds is 3. The van der Waals surface area contributed by atoms with Gasteiger partial charge in [0.25, 0.3) is 0 Å². The third-order valence-corrected chi connectivity index (χ3v) is 4.46. The third-order valence-electron chi connectivity index (χ3n) is 4.46. The Hall–Kier alpha value is -3.34. The van der Waals surface area contributed by atoms with Gasteiger partial charge >= 0.3 is 6.18 Å². The molecule has 28 heavy (non-hydrogen) atoms. The summed E-state index contributed by atoms with van der Waals surface area (Å²) < 4.78 is 52.2. The Bertz CT molecular complexity index is 1080. The van der Waals surface area contributed by atoms with Gasteiger partial charge in [-0.2, -0.15) is 18.4 Å². The van der Waals surface area contributed by atoms with Crippen LogP contribution in [-0.2, 0) is 12.6 Å². The van der Waals surface area contributed by atoms with E-state index in [0.29, 0.717) is 0 Å². The van der Waals surface area contributed by atoms with E-state index in [1.807, 2.05) is 0 Å². The van der Waals surface area contributed by atoms with Crippen molar-refractivity contribution in [3.63, 3.8) is 0 Å². The molecule has 142 valence electrons. The standard InChI is InChI=1S/C20H12F4N2O2/c1-2-12-15(19(28)13-5-3-10(21)7-14(13)18(12)27)8-11-4-6-16(20(22,23)24)17(9-25)26-11/h3-7H,2,8H2,1H3. The van der Waals surface area contributed by atoms with Crippen molar-refractivity contribution in [1.29, 1.82) is 5.26 Å². The van der Waals surface area contributed by atoms with Crippen LogP contribution < -0.4 is 0 Å². The van der Waals surface area contributed by atoms with Gasteiger partial charge in [-0.05, 0) is 36.8 Å². The van der Waals surface area contributed by atoms with Crippen LogP contribution in [0.1, 0.15) is 51.0 Å². The number of nitrogens with zero attached hydrogens (tertiary/aromatic N) is 2. The summed E-state index contributed by atoms with van der Waals surface area (Å²) in [5.41, 5.74) is -1.69. The summed E-state index contributed by atoms with van der Waals surface area (Å²) in [7, 11) is 0. The number of Topliss-reactive ketones (excluding diaryl/α,β-unsaturated/α-hetero) is 2. The average Bonchev–Trinajstić information content (AvgIpc) is 2.65. The van der Waals surface area contributed by atoms with Crippen LogP contribution in [0, 0.1) is 17.1 Å². The van der Waals surface area contributed by atoms with Crippen molar-refractivity contribution in [2.75, 3.05) is 0 Å². The van der Waals surface area contributed by atoms with Crippen LogP contribution in [-0.4, -0.2) is 16.6 Å². The summed E-state index contributed by atoms with van der Waals surface area (Å²) >= 11 is 0. The van der Waals surface area contributed by atoms with Gasteiger partial charge < -0.3 is 0 Å². The van der Waals surface area contributed by atoms with Crippen LogP contribution in [0.3, 0.4) is 0 Å². The van der Waals surface area contributed by atoms with E-state index in [4.69, 9.17) is 5.26 Å². The van der Waals surface area contributed by atoms with Crippen molar-refractivity contribution in [3.8, 4) is 6.07 Å². The second-order valence-electron chi connectivity index (χ2n) is 6.14. The lowest BCUT2D eigenvalue weighted by Gasteiger charge is -2.20. The average molecular weight is 388 g/mol. The number of benzene rings is 1. The molecular weight excluding hydrogens is 376 g/mol. The fourth-order valence-corrected chi connectivity index (χ4v) is 3.16. The molecule has 0 spiro atoms. The maximum absolute atomic E-state index is 13.5. The topological polar surface area (TPSA) is 70.8 Å². The summed E-state index contributed by atoms with van der Waals surface area (Å²) in [6.07, 6.45) is -4.76. The van der Waals surface area contributed by atoms with E-state index in [9.17, 15) is 27.2 Å². The van der Waals surface area contributed by atoms with E-state index in [1.165, 1.54) is 12.1 Å². The Morgan fingerprint density at radius 3 is 2.32 bits per heavy atom. The van der Waals surface area contributed by atoms with Gasteiger partial charge in [-0.15, -0.1) is 0 Å². The zero-order valence-corrected chi connectivity index (χ0v) is 14.5. The SMILES string of the molecule is CCC1=C(Cc2ccc(C(F)(F)F)c(C#N)n2)C(=O)c2ccc(F)cc2C1=O. The molecule has 0 saturated heterocycles. The highest BCUT2D eigenvalue weighted by Gasteiger charge is 2.35. The number of pyridine rings is 1. The number of carbonyl (C=O) groups is 2. The van der Waals surface area contributed by atoms with E-state index in [0.717, 1.165) is 24.3 Å². The molecule has 0 N–H and O–H groups in total. The molecule has 0 fully saturated rings. The van der Waals surface area contributed by atoms with Crippen molar-refractivity contribution < 1.29 is 27.2 Å². The largest absolute Gasteiger partial charge is 0.419 e. The van der Waals surface area contributed by atoms with Gasteiger partial charge in [0.05, 0.1) is 5.56 Å². The molecule has 1 aromatic carbocycles. The minimum absolute atomic E-state index is 0.0334. The van der Waals surface area contributed by atoms with Crippen LogP contribution in [0.25, 0.3) is 0 Å². The number of carbonyl (C=O) groups excluding carboxylic acids is 2. The van der Waals surface area contributed by atoms with Crippen LogP contribution >= 0.6 is 0 Å². The van der Waals surface area contributed by atoms with Gasteiger partial charge in [-0.1, -0.05) is 6.92 Å². The lowest BCUT2D eigenvalue weighted by molar-refractivity contribution is -0.138. The minimum Gasteiger partial charge on any atom is -0.289 e. The predicted molar refractivity (Wildman–Crippen MR) is 90.0 cm³/mol. The van der Waals surface area contributed by atoms with Gasteiger partial charge in [0.15, 0.2) is 17.3 Å². The fraction of sp³-hybridized carbons (Fsp3) is 0.200. The van der Waals surface area contributed by atoms with E-state index in [2.05, 4.69) is 4.98 Å². The maximum atomic E-state index is 13.5. The fourth-order valence-electron chi connectivity index (χ4n) is 3.16. The summed E-state index contributed by atoms with van der Waals surface area (Å²) in [5.74, 6) is -1.66. The number of hydrogen-bond donors (Lipinski definition) is 0. The Morgan fingerprint density at radius 2 is 1.71 bits per heavy atom. The molecule has 1 aromatic heterocycles. The monoisotopic (exact) mass is 388 g/mol. The first-order chi connectivity index (χ1) is 13.2. The Kier molecular flexibility index (Phi) is 4.86. The zero-order valence-electron chi connectivity index (χ0n) is 14.5. The molecule has 0 atom stereocenters. The second-order valence-corrected chi connectivity index (χ2v) is 6.14. The first kappa shape index (κ1) is 19.4. The summed E-state index contributed by atoms with van der Waals surface area (Å²) in [5, 5.41) is 8.98. The third kappa shape index (κ3) is 3.31. The molecule has 8 heteroatoms. The maximum Gasteiger partial charge on any atom is 0.419 e. The van der Waals surface area contributed by atoms with Crippen LogP contribution in [0.15, 0.2) is 41.5 Å². The number of ketones is 2. The molecule has 0 bridgehead atoms. The van der Waals surface area contributed by atoms with Gasteiger partial charge in [0, 0.05) is 34.4 Å². The highest BCUT2D eigenvalue weighted by atomic mass is 19.4. The Labute approximate surface area is 157 Å². The first-order valence-electron chi connectivity index (χ1n) is 8.25. The molecule has 1 aliphatic carbocycles. The molecule has 0 saturated carbocycles. The minimum atomic E-state index is -4.73. The predicted octanol–water partition coefficient (Wildman–Crippen LogP) is 4.44. The normalized spacial score (nSPS) is 14.1. The Balaban J connectivity index is 2.06. The lowest BCUT2D eigenvalue weighted by atomic mass is 9.81. The van der Waals surface area contributed by atoms with Crippen molar-refractivity contribution in [2.45, 2.75) is 25.9 Å². The number of allylic oxidation sites excluding steroid dienone is 2. The highest BCUT2D eigenvalue weighted by Crippen LogP contribution is 2.33. The van der Waals surface area contributed by atoms with Gasteiger partial charge in [0.1, 0.15) is 11.9 Å². The first-order valence-corrected chi connectivity index (χ1v) is 8.25. The van der Waals surface area contributed by atoms with Crippen LogP contribution in [0.5, 0.6) is 0 Å². The quantitative estimate of drug-likeness (QED) is 0.729. The van der Waals surface area contributed by atoms with Gasteiger partial charge in [-0.25, -0.2) is 9.37 Å². The van der Waals surface area contributed by atoms with E-state index in [-0.39, 0.29) is 40.8 Å². The number of hydrogen-bond acceptors (Lipinski definition) is 4. The molecule has 3 rings (SSSR count). The second kappa shape index (κ2) is 7.00. The number of halogens is 4. The molecule has 1 heterocycles. The number of nitriles is 1. The molecular formula is C20H12F4N2O2. The van der Waals surface area contributed by atoms with E-state index in [1.54, 1.807) is 6.92 Å². The smallest absolute Gasteiger partial charge is 0.289 e. The number of aromatic nitrogens is 1. The van der Waals surface area contributed by atoms with Crippen LogP contribution in [0.4, 0.5) is 17.6 Å². The Morgan fingerprint density at radius 1 is 1.04 bits per heavy atom. The lowest BCUT2D eigenvalue weighted by Crippen LogP contribution is -2.23. The molecule has 0 aliphatic heterocycles. The van der Waals surface area contributed by atoms with Crippen LogP contribution in [0.2, 0.25) is 0 Å². The van der Waals surface area contributed by atoms with E-state index >= 15 is 0 Å². The number of alkyl halides is 3. The molecule has 0 amide bonds. The number of fused-ring (bicyclic) bond motifs is 1. The van der Waals surface area contributed by atoms with E-state index < -0.39 is 34.8 Å². The molecule has 0 radical (unpaired) electrons. The molecule has 4 nitrogen and oxygen atoms in total. The summed E-state index contributed by atoms with van der Waals surface area (Å²) in [6, 6.07) is 6.46. The van der Waals surface area contributed by atoms with Crippen molar-refractivity contribution in [1.82, 2.24) is 4.98 Å². The summed E-state index contributed by atoms with van der Waals surface area (Å²) in [6.45, 7) is 1.64. The van der Waals surface area contributed by atoms with Gasteiger partial charge in [-0.3, -0.25) is 9.59 Å². The molecule has 0 unspecified atom stereocenters. The van der Waals surface area contributed by atoms with Crippen molar-refractivity contribution >= 4 is 11.6 Å².